The Bertz CT molecular complexity index is 219. The highest BCUT2D eigenvalue weighted by atomic mass is 15.2. The van der Waals surface area contributed by atoms with Gasteiger partial charge in [-0.05, 0) is 25.8 Å². The van der Waals surface area contributed by atoms with Crippen LogP contribution in [0.2, 0.25) is 0 Å². The topological polar surface area (TPSA) is 39.1 Å². The van der Waals surface area contributed by atoms with Crippen molar-refractivity contribution in [2.75, 3.05) is 19.6 Å². The predicted octanol–water partition coefficient (Wildman–Crippen LogP) is 1.61. The molecule has 1 aliphatic heterocycles. The van der Waals surface area contributed by atoms with Crippen molar-refractivity contribution in [3.05, 3.63) is 0 Å². The van der Waals surface area contributed by atoms with Crippen molar-refractivity contribution in [1.29, 1.82) is 5.26 Å². The van der Waals surface area contributed by atoms with Gasteiger partial charge >= 0.3 is 0 Å². The molecule has 0 aromatic heterocycles. The Kier molecular flexibility index (Phi) is 5.07. The minimum Gasteiger partial charge on any atom is -0.311 e. The lowest BCUT2D eigenvalue weighted by atomic mass is 10.0. The van der Waals surface area contributed by atoms with E-state index in [1.165, 1.54) is 6.42 Å². The van der Waals surface area contributed by atoms with Crippen LogP contribution in [0.5, 0.6) is 0 Å². The van der Waals surface area contributed by atoms with Gasteiger partial charge < -0.3 is 5.32 Å². The highest BCUT2D eigenvalue weighted by Crippen LogP contribution is 2.12. The van der Waals surface area contributed by atoms with E-state index in [1.54, 1.807) is 0 Å². The lowest BCUT2D eigenvalue weighted by Crippen LogP contribution is -2.55. The van der Waals surface area contributed by atoms with Crippen molar-refractivity contribution in [3.63, 3.8) is 0 Å². The zero-order chi connectivity index (χ0) is 11.3. The summed E-state index contributed by atoms with van der Waals surface area (Å²) >= 11 is 0. The molecule has 3 heteroatoms. The first-order chi connectivity index (χ1) is 7.13. The van der Waals surface area contributed by atoms with Crippen LogP contribution < -0.4 is 5.32 Å². The van der Waals surface area contributed by atoms with Crippen molar-refractivity contribution in [2.45, 2.75) is 45.7 Å². The van der Waals surface area contributed by atoms with Gasteiger partial charge in [-0.25, -0.2) is 0 Å². The molecule has 2 atom stereocenters. The van der Waals surface area contributed by atoms with Crippen molar-refractivity contribution in [1.82, 2.24) is 10.2 Å². The molecule has 1 fully saturated rings. The van der Waals surface area contributed by atoms with Crippen LogP contribution in [0.15, 0.2) is 0 Å². The molecule has 0 saturated carbocycles. The smallest absolute Gasteiger partial charge is 0.0638 e. The van der Waals surface area contributed by atoms with Gasteiger partial charge in [-0.2, -0.15) is 5.26 Å². The molecule has 2 unspecified atom stereocenters. The summed E-state index contributed by atoms with van der Waals surface area (Å²) in [7, 11) is 0. The van der Waals surface area contributed by atoms with Crippen LogP contribution in [0.1, 0.15) is 33.6 Å². The number of rotatable bonds is 4. The number of hydrogen-bond donors (Lipinski definition) is 1. The summed E-state index contributed by atoms with van der Waals surface area (Å²) in [4.78, 5) is 2.48. The van der Waals surface area contributed by atoms with E-state index in [1.807, 2.05) is 0 Å². The van der Waals surface area contributed by atoms with Crippen LogP contribution in [-0.2, 0) is 0 Å². The number of nitriles is 1. The van der Waals surface area contributed by atoms with E-state index in [-0.39, 0.29) is 0 Å². The zero-order valence-electron chi connectivity index (χ0n) is 10.2. The average molecular weight is 209 g/mol. The van der Waals surface area contributed by atoms with Crippen LogP contribution in [0.3, 0.4) is 0 Å². The molecule has 3 nitrogen and oxygen atoms in total. The molecule has 0 aromatic carbocycles. The Morgan fingerprint density at radius 3 is 2.87 bits per heavy atom. The maximum absolute atomic E-state index is 8.78. The third-order valence-corrected chi connectivity index (χ3v) is 3.05. The molecule has 1 heterocycles. The number of piperazine rings is 1. The fraction of sp³-hybridized carbons (Fsp3) is 0.917. The van der Waals surface area contributed by atoms with Crippen LogP contribution in [-0.4, -0.2) is 36.6 Å². The molecule has 0 amide bonds. The lowest BCUT2D eigenvalue weighted by Gasteiger charge is -2.38. The van der Waals surface area contributed by atoms with Gasteiger partial charge in [0.25, 0.3) is 0 Å². The third kappa shape index (κ3) is 4.19. The van der Waals surface area contributed by atoms with Crippen LogP contribution >= 0.6 is 0 Å². The molecule has 1 aliphatic rings. The third-order valence-electron chi connectivity index (χ3n) is 3.05. The van der Waals surface area contributed by atoms with E-state index in [0.29, 0.717) is 18.5 Å². The summed E-state index contributed by atoms with van der Waals surface area (Å²) in [6.07, 6.45) is 1.88. The standard InChI is InChI=1S/C12H23N3/c1-10(2)5-7-15-9-11(3)14-8-12(15)4-6-13/h10-12,14H,4-5,7-9H2,1-3H3. The van der Waals surface area contributed by atoms with Gasteiger partial charge in [-0.1, -0.05) is 13.8 Å². The Hall–Kier alpha value is -0.590. The molecular weight excluding hydrogens is 186 g/mol. The fourth-order valence-electron chi connectivity index (χ4n) is 2.04. The van der Waals surface area contributed by atoms with Gasteiger partial charge in [-0.15, -0.1) is 0 Å². The van der Waals surface area contributed by atoms with Gasteiger partial charge in [-0.3, -0.25) is 4.90 Å². The molecule has 1 rings (SSSR count). The number of nitrogens with zero attached hydrogens (tertiary/aromatic N) is 2. The Labute approximate surface area is 93.5 Å². The van der Waals surface area contributed by atoms with Gasteiger partial charge in [0.1, 0.15) is 0 Å². The maximum Gasteiger partial charge on any atom is 0.0638 e. The summed E-state index contributed by atoms with van der Waals surface area (Å²) in [5.74, 6) is 0.748. The summed E-state index contributed by atoms with van der Waals surface area (Å²) in [5, 5.41) is 12.2. The Morgan fingerprint density at radius 1 is 1.53 bits per heavy atom. The normalized spacial score (nSPS) is 27.9. The summed E-state index contributed by atoms with van der Waals surface area (Å²) < 4.78 is 0. The molecular formula is C12H23N3. The molecule has 15 heavy (non-hydrogen) atoms. The summed E-state index contributed by atoms with van der Waals surface area (Å²) in [6.45, 7) is 9.91. The fourth-order valence-corrected chi connectivity index (χ4v) is 2.04. The van der Waals surface area contributed by atoms with Crippen LogP contribution in [0.25, 0.3) is 0 Å². The van der Waals surface area contributed by atoms with E-state index < -0.39 is 0 Å². The minimum atomic E-state index is 0.421. The molecule has 0 aliphatic carbocycles. The SMILES string of the molecule is CC(C)CCN1CC(C)NCC1CC#N. The van der Waals surface area contributed by atoms with Crippen LogP contribution in [0.4, 0.5) is 0 Å². The van der Waals surface area contributed by atoms with E-state index in [9.17, 15) is 0 Å². The highest BCUT2D eigenvalue weighted by molar-refractivity contribution is 4.90. The summed E-state index contributed by atoms with van der Waals surface area (Å²) in [6, 6.07) is 3.27. The first-order valence-electron chi connectivity index (χ1n) is 5.98. The highest BCUT2D eigenvalue weighted by Gasteiger charge is 2.24. The van der Waals surface area contributed by atoms with Crippen molar-refractivity contribution >= 4 is 0 Å². The predicted molar refractivity (Wildman–Crippen MR) is 62.5 cm³/mol. The molecule has 0 radical (unpaired) electrons. The minimum absolute atomic E-state index is 0.421. The second kappa shape index (κ2) is 6.09. The average Bonchev–Trinajstić information content (AvgIpc) is 2.18. The molecule has 0 aromatic rings. The quantitative estimate of drug-likeness (QED) is 0.764. The summed E-state index contributed by atoms with van der Waals surface area (Å²) in [5.41, 5.74) is 0. The second-order valence-electron chi connectivity index (χ2n) is 5.00. The second-order valence-corrected chi connectivity index (χ2v) is 5.00. The molecule has 86 valence electrons. The van der Waals surface area contributed by atoms with E-state index >= 15 is 0 Å². The number of hydrogen-bond acceptors (Lipinski definition) is 3. The van der Waals surface area contributed by atoms with Gasteiger partial charge in [0, 0.05) is 25.2 Å². The van der Waals surface area contributed by atoms with Crippen LogP contribution in [0, 0.1) is 17.2 Å². The van der Waals surface area contributed by atoms with Gasteiger partial charge in [0.2, 0.25) is 0 Å². The Balaban J connectivity index is 2.43. The lowest BCUT2D eigenvalue weighted by molar-refractivity contribution is 0.131. The van der Waals surface area contributed by atoms with Crippen molar-refractivity contribution in [3.8, 4) is 6.07 Å². The van der Waals surface area contributed by atoms with Crippen molar-refractivity contribution < 1.29 is 0 Å². The molecule has 1 saturated heterocycles. The molecule has 1 N–H and O–H groups in total. The zero-order valence-corrected chi connectivity index (χ0v) is 10.2. The Morgan fingerprint density at radius 2 is 2.27 bits per heavy atom. The van der Waals surface area contributed by atoms with E-state index in [2.05, 4.69) is 37.1 Å². The number of nitrogens with one attached hydrogen (secondary N) is 1. The van der Waals surface area contributed by atoms with Crippen molar-refractivity contribution in [2.24, 2.45) is 5.92 Å². The first kappa shape index (κ1) is 12.5. The largest absolute Gasteiger partial charge is 0.311 e. The van der Waals surface area contributed by atoms with E-state index in [0.717, 1.165) is 25.6 Å². The molecule has 0 spiro atoms. The monoisotopic (exact) mass is 209 g/mol. The first-order valence-corrected chi connectivity index (χ1v) is 5.98. The van der Waals surface area contributed by atoms with E-state index in [4.69, 9.17) is 5.26 Å². The van der Waals surface area contributed by atoms with Gasteiger partial charge in [0.15, 0.2) is 0 Å². The van der Waals surface area contributed by atoms with Gasteiger partial charge in [0.05, 0.1) is 12.5 Å². The maximum atomic E-state index is 8.78. The molecule has 0 bridgehead atoms.